The number of hydrogen-bond donors (Lipinski definition) is 1. The Kier molecular flexibility index (Phi) is 6.68. The molecule has 6 aromatic carbocycles. The van der Waals surface area contributed by atoms with Crippen LogP contribution in [0, 0.1) is 6.92 Å². The molecular weight excluding hydrogens is 615 g/mol. The molecule has 1 N–H and O–H groups in total. The van der Waals surface area contributed by atoms with Crippen LogP contribution in [0.2, 0.25) is 0 Å². The lowest BCUT2D eigenvalue weighted by Gasteiger charge is -2.22. The number of aromatic nitrogens is 3. The lowest BCUT2D eigenvalue weighted by Crippen LogP contribution is -2.11. The number of rotatable bonds is 4. The van der Waals surface area contributed by atoms with Gasteiger partial charge in [-0.2, -0.15) is 0 Å². The Labute approximate surface area is 290 Å². The molecule has 9 aromatic rings. The van der Waals surface area contributed by atoms with Gasteiger partial charge in [-0.3, -0.25) is 4.98 Å². The smallest absolute Gasteiger partial charge is 0.231 e. The van der Waals surface area contributed by atoms with Gasteiger partial charge in [0.2, 0.25) is 5.89 Å². The van der Waals surface area contributed by atoms with E-state index in [4.69, 9.17) is 14.4 Å². The molecule has 0 spiro atoms. The summed E-state index contributed by atoms with van der Waals surface area (Å²) in [7, 11) is 0. The first-order valence-corrected chi connectivity index (χ1v) is 17.0. The van der Waals surface area contributed by atoms with Crippen LogP contribution < -0.4 is 0 Å². The lowest BCUT2D eigenvalue weighted by atomic mass is 9.83. The first kappa shape index (κ1) is 29.9. The van der Waals surface area contributed by atoms with Crippen LogP contribution in [0.1, 0.15) is 31.9 Å². The van der Waals surface area contributed by atoms with Crippen molar-refractivity contribution in [1.29, 1.82) is 0 Å². The molecule has 3 heterocycles. The van der Waals surface area contributed by atoms with Crippen molar-refractivity contribution in [3.8, 4) is 45.1 Å². The number of aromatic hydroxyl groups is 1. The predicted molar refractivity (Wildman–Crippen MR) is 205 cm³/mol. The second-order valence-corrected chi connectivity index (χ2v) is 14.1. The summed E-state index contributed by atoms with van der Waals surface area (Å²) >= 11 is 0. The molecule has 9 rings (SSSR count). The van der Waals surface area contributed by atoms with Crippen LogP contribution in [-0.2, 0) is 5.41 Å². The maximum absolute atomic E-state index is 10.6. The first-order valence-electron chi connectivity index (χ1n) is 17.0. The maximum Gasteiger partial charge on any atom is 0.231 e. The lowest BCUT2D eigenvalue weighted by molar-refractivity contribution is 0.474. The summed E-state index contributed by atoms with van der Waals surface area (Å²) in [5.41, 5.74) is 12.7. The molecule has 50 heavy (non-hydrogen) atoms. The van der Waals surface area contributed by atoms with E-state index in [1.807, 2.05) is 30.5 Å². The average Bonchev–Trinajstić information content (AvgIpc) is 3.71. The molecule has 0 aliphatic rings. The van der Waals surface area contributed by atoms with E-state index in [1.165, 1.54) is 21.9 Å². The van der Waals surface area contributed by atoms with Gasteiger partial charge in [0.15, 0.2) is 5.58 Å². The van der Waals surface area contributed by atoms with Crippen LogP contribution >= 0.6 is 0 Å². The van der Waals surface area contributed by atoms with Gasteiger partial charge in [-0.1, -0.05) is 81.4 Å². The minimum Gasteiger partial charge on any atom is -0.507 e. The molecule has 0 aliphatic heterocycles. The highest BCUT2D eigenvalue weighted by Gasteiger charge is 2.22. The number of benzene rings is 6. The highest BCUT2D eigenvalue weighted by molar-refractivity contribution is 6.09. The number of oxazole rings is 1. The molecular formula is C45H35N3O2. The first-order chi connectivity index (χ1) is 24.2. The van der Waals surface area contributed by atoms with Gasteiger partial charge < -0.3 is 14.1 Å². The van der Waals surface area contributed by atoms with Crippen molar-refractivity contribution in [2.75, 3.05) is 0 Å². The van der Waals surface area contributed by atoms with Gasteiger partial charge >= 0.3 is 0 Å². The Bertz CT molecular complexity index is 2730. The second-order valence-electron chi connectivity index (χ2n) is 14.1. The highest BCUT2D eigenvalue weighted by atomic mass is 16.3. The number of fused-ring (bicyclic) bond motifs is 5. The fourth-order valence-corrected chi connectivity index (χ4v) is 7.24. The SMILES string of the molecule is Cc1ccnc2c(-c3cc(-c4cccc5oc(-c6ccccc6O)nc45)cc(-n4c5ccccc5c5ccccc54)c3)cc(C(C)(C)C)cc12. The molecule has 0 unspecified atom stereocenters. The van der Waals surface area contributed by atoms with Crippen LogP contribution in [0.3, 0.4) is 0 Å². The molecule has 3 aromatic heterocycles. The van der Waals surface area contributed by atoms with Crippen molar-refractivity contribution in [3.63, 3.8) is 0 Å². The molecule has 0 bridgehead atoms. The van der Waals surface area contributed by atoms with E-state index >= 15 is 0 Å². The van der Waals surface area contributed by atoms with E-state index in [0.29, 0.717) is 17.0 Å². The van der Waals surface area contributed by atoms with Gasteiger partial charge in [-0.15, -0.1) is 0 Å². The van der Waals surface area contributed by atoms with Gasteiger partial charge in [-0.25, -0.2) is 4.98 Å². The quantitative estimate of drug-likeness (QED) is 0.206. The standard InChI is InChI=1S/C45H35N3O2/c1-27-20-21-46-42-36(27)25-30(45(2,3)4)26-37(42)29-22-28(32-15-11-19-41-43(32)47-44(50-41)35-14-7-10-18-40(35)49)23-31(24-29)48-38-16-8-5-12-33(38)34-13-6-9-17-39(34)48/h5-26,49H,1-4H3. The van der Waals surface area contributed by atoms with Crippen molar-refractivity contribution in [3.05, 3.63) is 145 Å². The molecule has 0 saturated heterocycles. The minimum absolute atomic E-state index is 0.0653. The Morgan fingerprint density at radius 2 is 1.28 bits per heavy atom. The Morgan fingerprint density at radius 1 is 0.620 bits per heavy atom. The van der Waals surface area contributed by atoms with E-state index in [9.17, 15) is 5.11 Å². The van der Waals surface area contributed by atoms with E-state index in [-0.39, 0.29) is 11.2 Å². The van der Waals surface area contributed by atoms with Crippen LogP contribution in [0.15, 0.2) is 138 Å². The summed E-state index contributed by atoms with van der Waals surface area (Å²) in [6.07, 6.45) is 1.91. The second kappa shape index (κ2) is 11.2. The van der Waals surface area contributed by atoms with Gasteiger partial charge in [0, 0.05) is 39.2 Å². The van der Waals surface area contributed by atoms with Crippen molar-refractivity contribution < 1.29 is 9.52 Å². The molecule has 0 aliphatic carbocycles. The van der Waals surface area contributed by atoms with Gasteiger partial charge in [0.1, 0.15) is 11.3 Å². The number of nitrogens with zero attached hydrogens (tertiary/aromatic N) is 3. The third-order valence-corrected chi connectivity index (χ3v) is 9.86. The van der Waals surface area contributed by atoms with E-state index in [1.54, 1.807) is 12.1 Å². The van der Waals surface area contributed by atoms with Gasteiger partial charge in [0.05, 0.1) is 22.1 Å². The normalized spacial score (nSPS) is 12.1. The predicted octanol–water partition coefficient (Wildman–Crippen LogP) is 11.8. The number of aryl methyl sites for hydroxylation is 1. The van der Waals surface area contributed by atoms with E-state index < -0.39 is 0 Å². The van der Waals surface area contributed by atoms with E-state index in [2.05, 4.69) is 123 Å². The topological polar surface area (TPSA) is 64.1 Å². The van der Waals surface area contributed by atoms with Crippen molar-refractivity contribution in [1.82, 2.24) is 14.5 Å². The molecule has 0 atom stereocenters. The fraction of sp³-hybridized carbons (Fsp3) is 0.111. The monoisotopic (exact) mass is 649 g/mol. The van der Waals surface area contributed by atoms with Gasteiger partial charge in [-0.05, 0) is 101 Å². The maximum atomic E-state index is 10.6. The third kappa shape index (κ3) is 4.77. The number of para-hydroxylation sites is 4. The summed E-state index contributed by atoms with van der Waals surface area (Å²) in [4.78, 5) is 9.95. The molecule has 5 heteroatoms. The Hall–Kier alpha value is -6.20. The number of hydrogen-bond acceptors (Lipinski definition) is 4. The van der Waals surface area contributed by atoms with E-state index in [0.717, 1.165) is 55.4 Å². The zero-order valence-corrected chi connectivity index (χ0v) is 28.4. The summed E-state index contributed by atoms with van der Waals surface area (Å²) in [5, 5.41) is 14.2. The summed E-state index contributed by atoms with van der Waals surface area (Å²) in [6, 6.07) is 43.9. The molecule has 242 valence electrons. The summed E-state index contributed by atoms with van der Waals surface area (Å²) in [5.74, 6) is 0.512. The van der Waals surface area contributed by atoms with Crippen LogP contribution in [-0.4, -0.2) is 19.6 Å². The fourth-order valence-electron chi connectivity index (χ4n) is 7.24. The zero-order valence-electron chi connectivity index (χ0n) is 28.4. The highest BCUT2D eigenvalue weighted by Crippen LogP contribution is 2.41. The van der Waals surface area contributed by atoms with Gasteiger partial charge in [0.25, 0.3) is 0 Å². The van der Waals surface area contributed by atoms with Crippen LogP contribution in [0.4, 0.5) is 0 Å². The number of phenolic OH excluding ortho intramolecular Hbond substituents is 1. The Morgan fingerprint density at radius 3 is 2.00 bits per heavy atom. The molecule has 0 saturated carbocycles. The Balaban J connectivity index is 1.38. The molecule has 0 fully saturated rings. The van der Waals surface area contributed by atoms with Crippen LogP contribution in [0.5, 0.6) is 5.75 Å². The molecule has 0 radical (unpaired) electrons. The van der Waals surface area contributed by atoms with Crippen LogP contribution in [0.25, 0.3) is 83.2 Å². The minimum atomic E-state index is -0.0653. The molecule has 5 nitrogen and oxygen atoms in total. The number of pyridine rings is 1. The third-order valence-electron chi connectivity index (χ3n) is 9.86. The summed E-state index contributed by atoms with van der Waals surface area (Å²) < 4.78 is 8.63. The molecule has 0 amide bonds. The van der Waals surface area contributed by atoms with Crippen molar-refractivity contribution in [2.45, 2.75) is 33.1 Å². The average molecular weight is 650 g/mol. The zero-order chi connectivity index (χ0) is 34.1. The van der Waals surface area contributed by atoms with Crippen molar-refractivity contribution >= 4 is 43.8 Å². The summed E-state index contributed by atoms with van der Waals surface area (Å²) in [6.45, 7) is 8.94. The van der Waals surface area contributed by atoms with Crippen molar-refractivity contribution in [2.24, 2.45) is 0 Å². The number of phenols is 1. The largest absolute Gasteiger partial charge is 0.507 e.